The van der Waals surface area contributed by atoms with E-state index in [1.807, 2.05) is 0 Å². The summed E-state index contributed by atoms with van der Waals surface area (Å²) in [5.74, 6) is -1.07. The first kappa shape index (κ1) is 15.9. The third-order valence-corrected chi connectivity index (χ3v) is 2.41. The van der Waals surface area contributed by atoms with Crippen LogP contribution in [0.1, 0.15) is 5.56 Å². The van der Waals surface area contributed by atoms with E-state index in [0.717, 1.165) is 19.2 Å². The molecular weight excluding hydrogens is 281 g/mol. The Morgan fingerprint density at radius 3 is 2.35 bits per heavy atom. The lowest BCUT2D eigenvalue weighted by atomic mass is 10.1. The molecule has 1 rings (SSSR count). The smallest absolute Gasteiger partial charge is 0.457 e. The summed E-state index contributed by atoms with van der Waals surface area (Å²) in [5.41, 5.74) is 0.148. The Morgan fingerprint density at radius 1 is 1.40 bits per heavy atom. The Bertz CT molecular complexity index is 487. The fraction of sp³-hybridized carbons (Fsp3) is 0.364. The van der Waals surface area contributed by atoms with Crippen LogP contribution in [0.3, 0.4) is 0 Å². The van der Waals surface area contributed by atoms with Crippen LogP contribution in [0.4, 0.5) is 18.9 Å². The van der Waals surface area contributed by atoms with Crippen LogP contribution in [0.5, 0.6) is 0 Å². The van der Waals surface area contributed by atoms with Gasteiger partial charge in [-0.2, -0.15) is 13.2 Å². The van der Waals surface area contributed by atoms with E-state index in [1.54, 1.807) is 0 Å². The maximum atomic E-state index is 12.3. The lowest BCUT2D eigenvalue weighted by molar-refractivity contribution is -0.384. The molecule has 0 radical (unpaired) electrons. The number of nitrogens with zero attached hydrogens (tertiary/aromatic N) is 1. The van der Waals surface area contributed by atoms with Crippen LogP contribution in [0.2, 0.25) is 0 Å². The fourth-order valence-electron chi connectivity index (χ4n) is 1.52. The molecule has 20 heavy (non-hydrogen) atoms. The summed E-state index contributed by atoms with van der Waals surface area (Å²) in [5, 5.41) is 11.6. The molecule has 0 aliphatic heterocycles. The van der Waals surface area contributed by atoms with Crippen molar-refractivity contribution in [1.29, 1.82) is 0 Å². The summed E-state index contributed by atoms with van der Waals surface area (Å²) in [6, 6.07) is 3.26. The number of nitrogens with one attached hydrogen (secondary N) is 1. The number of hydrogen-bond donors (Lipinski definition) is 1. The maximum Gasteiger partial charge on any atom is 0.457 e. The van der Waals surface area contributed by atoms with E-state index in [4.69, 9.17) is 0 Å². The van der Waals surface area contributed by atoms with Crippen LogP contribution in [-0.4, -0.2) is 30.3 Å². The van der Waals surface area contributed by atoms with Crippen LogP contribution in [0, 0.1) is 10.1 Å². The molecule has 0 amide bonds. The van der Waals surface area contributed by atoms with Crippen molar-refractivity contribution in [2.75, 3.05) is 7.11 Å². The Hall–Kier alpha value is -2.16. The molecule has 0 heterocycles. The van der Waals surface area contributed by atoms with E-state index in [-0.39, 0.29) is 12.1 Å². The number of methoxy groups -OCH3 is 1. The Balaban J connectivity index is 2.84. The molecule has 1 aromatic rings. The zero-order chi connectivity index (χ0) is 15.3. The molecule has 0 unspecified atom stereocenters. The zero-order valence-electron chi connectivity index (χ0n) is 10.3. The molecule has 6 nitrogen and oxygen atoms in total. The van der Waals surface area contributed by atoms with Gasteiger partial charge < -0.3 is 4.74 Å². The largest absolute Gasteiger partial charge is 0.468 e. The van der Waals surface area contributed by atoms with Crippen molar-refractivity contribution in [2.45, 2.75) is 18.8 Å². The third-order valence-electron chi connectivity index (χ3n) is 2.41. The van der Waals surface area contributed by atoms with Crippen LogP contribution >= 0.6 is 0 Å². The summed E-state index contributed by atoms with van der Waals surface area (Å²) < 4.78 is 41.1. The SMILES string of the molecule is COC(=O)[C@H](Cc1ccc([N+](=O)[O-])cc1)NC(F)(F)F. The number of nitro benzene ring substituents is 1. The highest BCUT2D eigenvalue weighted by Gasteiger charge is 2.34. The van der Waals surface area contributed by atoms with E-state index >= 15 is 0 Å². The van der Waals surface area contributed by atoms with Crippen molar-refractivity contribution in [3.8, 4) is 0 Å². The second-order valence-electron chi connectivity index (χ2n) is 3.85. The molecule has 1 aromatic carbocycles. The number of benzene rings is 1. The number of nitro groups is 1. The molecule has 0 saturated carbocycles. The molecule has 1 atom stereocenters. The number of ether oxygens (including phenoxy) is 1. The Morgan fingerprint density at radius 2 is 1.95 bits per heavy atom. The predicted molar refractivity (Wildman–Crippen MR) is 61.8 cm³/mol. The average molecular weight is 292 g/mol. The number of halogens is 3. The Labute approximate surface area is 111 Å². The third kappa shape index (κ3) is 4.84. The van der Waals surface area contributed by atoms with Gasteiger partial charge in [-0.1, -0.05) is 12.1 Å². The zero-order valence-corrected chi connectivity index (χ0v) is 10.3. The lowest BCUT2D eigenvalue weighted by Crippen LogP contribution is -2.47. The van der Waals surface area contributed by atoms with Gasteiger partial charge >= 0.3 is 12.3 Å². The summed E-state index contributed by atoms with van der Waals surface area (Å²) in [7, 11) is 0.975. The van der Waals surface area contributed by atoms with Gasteiger partial charge in [-0.05, 0) is 12.0 Å². The van der Waals surface area contributed by atoms with E-state index in [2.05, 4.69) is 4.74 Å². The molecule has 0 aliphatic carbocycles. The van der Waals surface area contributed by atoms with Gasteiger partial charge in [0.25, 0.3) is 5.69 Å². The minimum Gasteiger partial charge on any atom is -0.468 e. The van der Waals surface area contributed by atoms with Crippen molar-refractivity contribution >= 4 is 11.7 Å². The second-order valence-corrected chi connectivity index (χ2v) is 3.85. The van der Waals surface area contributed by atoms with Gasteiger partial charge in [0.15, 0.2) is 0 Å². The Kier molecular flexibility index (Phi) is 5.03. The van der Waals surface area contributed by atoms with Gasteiger partial charge in [0.2, 0.25) is 0 Å². The first-order chi connectivity index (χ1) is 9.23. The summed E-state index contributed by atoms with van der Waals surface area (Å²) in [6.07, 6.45) is -5.04. The van der Waals surface area contributed by atoms with Crippen molar-refractivity contribution < 1.29 is 27.6 Å². The second kappa shape index (κ2) is 6.33. The van der Waals surface area contributed by atoms with Crippen LogP contribution in [0.25, 0.3) is 0 Å². The first-order valence-corrected chi connectivity index (χ1v) is 5.38. The fourth-order valence-corrected chi connectivity index (χ4v) is 1.52. The van der Waals surface area contributed by atoms with Crippen LogP contribution in [-0.2, 0) is 16.0 Å². The standard InChI is InChI=1S/C11H11F3N2O4/c1-20-10(17)9(15-11(12,13)14)6-7-2-4-8(5-3-7)16(18)19/h2-5,9,15H,6H2,1H3/t9-/m0/s1. The maximum absolute atomic E-state index is 12.3. The molecular formula is C11H11F3N2O4. The number of carbonyl (C=O) groups excluding carboxylic acids is 1. The minimum atomic E-state index is -4.74. The topological polar surface area (TPSA) is 81.5 Å². The average Bonchev–Trinajstić information content (AvgIpc) is 2.36. The summed E-state index contributed by atoms with van der Waals surface area (Å²) in [4.78, 5) is 21.1. The lowest BCUT2D eigenvalue weighted by Gasteiger charge is -2.18. The minimum absolute atomic E-state index is 0.188. The number of non-ortho nitro benzene ring substituents is 1. The van der Waals surface area contributed by atoms with Gasteiger partial charge in [0.05, 0.1) is 12.0 Å². The normalized spacial score (nSPS) is 12.8. The monoisotopic (exact) mass is 292 g/mol. The van der Waals surface area contributed by atoms with Crippen molar-refractivity contribution in [1.82, 2.24) is 5.32 Å². The molecule has 0 fully saturated rings. The van der Waals surface area contributed by atoms with Crippen molar-refractivity contribution in [3.63, 3.8) is 0 Å². The highest BCUT2D eigenvalue weighted by atomic mass is 19.4. The molecule has 110 valence electrons. The highest BCUT2D eigenvalue weighted by Crippen LogP contribution is 2.16. The highest BCUT2D eigenvalue weighted by molar-refractivity contribution is 5.76. The van der Waals surface area contributed by atoms with Gasteiger partial charge in [-0.3, -0.25) is 14.9 Å². The first-order valence-electron chi connectivity index (χ1n) is 5.38. The molecule has 0 spiro atoms. The molecule has 0 aliphatic rings. The van der Waals surface area contributed by atoms with E-state index in [9.17, 15) is 28.1 Å². The quantitative estimate of drug-likeness (QED) is 0.387. The number of alkyl halides is 3. The van der Waals surface area contributed by atoms with Gasteiger partial charge in [-0.25, -0.2) is 5.32 Å². The van der Waals surface area contributed by atoms with Crippen LogP contribution < -0.4 is 5.32 Å². The van der Waals surface area contributed by atoms with Crippen molar-refractivity contribution in [2.24, 2.45) is 0 Å². The van der Waals surface area contributed by atoms with E-state index in [0.29, 0.717) is 5.56 Å². The number of carbonyl (C=O) groups is 1. The molecule has 0 saturated heterocycles. The molecule has 0 bridgehead atoms. The molecule has 9 heteroatoms. The number of rotatable bonds is 5. The molecule has 0 aromatic heterocycles. The van der Waals surface area contributed by atoms with Crippen LogP contribution in [0.15, 0.2) is 24.3 Å². The molecule has 1 N–H and O–H groups in total. The van der Waals surface area contributed by atoms with E-state index < -0.39 is 23.2 Å². The van der Waals surface area contributed by atoms with Gasteiger partial charge in [0.1, 0.15) is 6.04 Å². The van der Waals surface area contributed by atoms with E-state index in [1.165, 1.54) is 17.4 Å². The summed E-state index contributed by atoms with van der Waals surface area (Å²) in [6.45, 7) is 0. The van der Waals surface area contributed by atoms with Gasteiger partial charge in [0, 0.05) is 12.1 Å². The predicted octanol–water partition coefficient (Wildman–Crippen LogP) is 1.79. The summed E-state index contributed by atoms with van der Waals surface area (Å²) >= 11 is 0. The van der Waals surface area contributed by atoms with Crippen molar-refractivity contribution in [3.05, 3.63) is 39.9 Å². The number of hydrogen-bond acceptors (Lipinski definition) is 5. The van der Waals surface area contributed by atoms with Gasteiger partial charge in [-0.15, -0.1) is 0 Å². The number of esters is 1.